The van der Waals surface area contributed by atoms with Gasteiger partial charge in [-0.1, -0.05) is 0 Å². The van der Waals surface area contributed by atoms with Crippen LogP contribution in [0, 0.1) is 0 Å². The second-order valence-electron chi connectivity index (χ2n) is 4.43. The maximum absolute atomic E-state index is 11.6. The average molecular weight is 258 g/mol. The predicted octanol–water partition coefficient (Wildman–Crippen LogP) is -0.489. The number of likely N-dealkylation sites (tertiary alicyclic amines) is 1. The van der Waals surface area contributed by atoms with Crippen LogP contribution in [-0.2, 0) is 14.3 Å². The van der Waals surface area contributed by atoms with E-state index in [1.807, 2.05) is 4.90 Å². The van der Waals surface area contributed by atoms with E-state index in [-0.39, 0.29) is 18.4 Å². The van der Waals surface area contributed by atoms with Crippen LogP contribution in [0.5, 0.6) is 0 Å². The number of likely N-dealkylation sites (N-methyl/N-ethyl adjacent to an activating group) is 1. The molecular weight excluding hydrogens is 236 g/mol. The first-order chi connectivity index (χ1) is 8.58. The summed E-state index contributed by atoms with van der Waals surface area (Å²) >= 11 is 0. The van der Waals surface area contributed by atoms with E-state index in [4.69, 9.17) is 4.74 Å². The Labute approximate surface area is 107 Å². The molecule has 1 rings (SSSR count). The molecular formula is C12H22N2O4. The van der Waals surface area contributed by atoms with Gasteiger partial charge in [0.25, 0.3) is 0 Å². The number of β-amino-alcohol motifs (C(OH)–C–C–N with tert-alkyl or cyclic N) is 1. The van der Waals surface area contributed by atoms with Crippen molar-refractivity contribution >= 4 is 11.9 Å². The summed E-state index contributed by atoms with van der Waals surface area (Å²) < 4.78 is 4.78. The van der Waals surface area contributed by atoms with Crippen LogP contribution in [0.15, 0.2) is 0 Å². The molecule has 2 N–H and O–H groups in total. The molecule has 6 heteroatoms. The van der Waals surface area contributed by atoms with Crippen molar-refractivity contribution in [2.75, 3.05) is 26.7 Å². The molecule has 0 aliphatic carbocycles. The maximum atomic E-state index is 11.6. The lowest BCUT2D eigenvalue weighted by atomic mass is 10.2. The van der Waals surface area contributed by atoms with Gasteiger partial charge in [-0.15, -0.1) is 0 Å². The lowest BCUT2D eigenvalue weighted by Crippen LogP contribution is -2.45. The lowest BCUT2D eigenvalue weighted by molar-refractivity contribution is -0.145. The maximum Gasteiger partial charge on any atom is 0.308 e. The Kier molecular flexibility index (Phi) is 6.07. The molecule has 0 aromatic rings. The van der Waals surface area contributed by atoms with E-state index in [0.29, 0.717) is 13.2 Å². The second-order valence-corrected chi connectivity index (χ2v) is 4.43. The monoisotopic (exact) mass is 258 g/mol. The summed E-state index contributed by atoms with van der Waals surface area (Å²) in [7, 11) is 1.61. The Hall–Kier alpha value is -1.14. The van der Waals surface area contributed by atoms with Gasteiger partial charge in [0.05, 0.1) is 25.2 Å². The molecule has 2 unspecified atom stereocenters. The summed E-state index contributed by atoms with van der Waals surface area (Å²) in [4.78, 5) is 24.7. The zero-order chi connectivity index (χ0) is 13.5. The number of hydrogen-bond donors (Lipinski definition) is 2. The molecule has 1 amide bonds. The molecule has 1 fully saturated rings. The SMILES string of the molecule is CCOC(=O)CC(O)CN1CCCC1C(=O)NC. The van der Waals surface area contributed by atoms with E-state index in [2.05, 4.69) is 5.32 Å². The lowest BCUT2D eigenvalue weighted by Gasteiger charge is -2.25. The van der Waals surface area contributed by atoms with Gasteiger partial charge in [0.15, 0.2) is 0 Å². The van der Waals surface area contributed by atoms with Gasteiger partial charge < -0.3 is 15.2 Å². The van der Waals surface area contributed by atoms with E-state index < -0.39 is 12.1 Å². The topological polar surface area (TPSA) is 78.9 Å². The molecule has 0 radical (unpaired) electrons. The fraction of sp³-hybridized carbons (Fsp3) is 0.833. The number of carbonyl (C=O) groups is 2. The number of nitrogens with one attached hydrogen (secondary N) is 1. The third-order valence-electron chi connectivity index (χ3n) is 3.07. The standard InChI is InChI=1S/C12H22N2O4/c1-3-18-11(16)7-9(15)8-14-6-4-5-10(14)12(17)13-2/h9-10,15H,3-8H2,1-2H3,(H,13,17). The molecule has 18 heavy (non-hydrogen) atoms. The van der Waals surface area contributed by atoms with Crippen LogP contribution in [0.2, 0.25) is 0 Å². The van der Waals surface area contributed by atoms with E-state index in [1.165, 1.54) is 0 Å². The Bertz CT molecular complexity index is 296. The fourth-order valence-corrected chi connectivity index (χ4v) is 2.26. The number of amides is 1. The Morgan fingerprint density at radius 2 is 2.28 bits per heavy atom. The number of ether oxygens (including phenoxy) is 1. The molecule has 2 atom stereocenters. The van der Waals surface area contributed by atoms with Crippen LogP contribution in [-0.4, -0.2) is 60.8 Å². The highest BCUT2D eigenvalue weighted by molar-refractivity contribution is 5.81. The minimum Gasteiger partial charge on any atom is -0.466 e. The number of esters is 1. The molecule has 0 bridgehead atoms. The van der Waals surface area contributed by atoms with Crippen molar-refractivity contribution in [2.45, 2.75) is 38.3 Å². The van der Waals surface area contributed by atoms with Crippen molar-refractivity contribution in [3.63, 3.8) is 0 Å². The molecule has 1 aliphatic heterocycles. The molecule has 6 nitrogen and oxygen atoms in total. The van der Waals surface area contributed by atoms with Gasteiger partial charge in [0.2, 0.25) is 5.91 Å². The minimum atomic E-state index is -0.783. The third-order valence-corrected chi connectivity index (χ3v) is 3.07. The van der Waals surface area contributed by atoms with Crippen molar-refractivity contribution < 1.29 is 19.4 Å². The quantitative estimate of drug-likeness (QED) is 0.629. The van der Waals surface area contributed by atoms with Crippen molar-refractivity contribution in [2.24, 2.45) is 0 Å². The van der Waals surface area contributed by atoms with Crippen LogP contribution in [0.3, 0.4) is 0 Å². The van der Waals surface area contributed by atoms with E-state index >= 15 is 0 Å². The zero-order valence-electron chi connectivity index (χ0n) is 11.0. The van der Waals surface area contributed by atoms with Gasteiger partial charge in [0.1, 0.15) is 0 Å². The first kappa shape index (κ1) is 14.9. The number of nitrogens with zero attached hydrogens (tertiary/aromatic N) is 1. The second kappa shape index (κ2) is 7.33. The molecule has 0 aromatic heterocycles. The molecule has 0 saturated carbocycles. The number of hydrogen-bond acceptors (Lipinski definition) is 5. The van der Waals surface area contributed by atoms with Gasteiger partial charge in [-0.05, 0) is 26.3 Å². The summed E-state index contributed by atoms with van der Waals surface area (Å²) in [5.41, 5.74) is 0. The molecule has 1 aliphatic rings. The van der Waals surface area contributed by atoms with Gasteiger partial charge in [-0.3, -0.25) is 14.5 Å². The molecule has 0 spiro atoms. The molecule has 104 valence electrons. The van der Waals surface area contributed by atoms with Gasteiger partial charge in [-0.2, -0.15) is 0 Å². The van der Waals surface area contributed by atoms with Crippen molar-refractivity contribution in [3.05, 3.63) is 0 Å². The molecule has 1 heterocycles. The zero-order valence-corrected chi connectivity index (χ0v) is 11.0. The van der Waals surface area contributed by atoms with E-state index in [1.54, 1.807) is 14.0 Å². The van der Waals surface area contributed by atoms with E-state index in [9.17, 15) is 14.7 Å². The summed E-state index contributed by atoms with van der Waals surface area (Å²) in [6.45, 7) is 3.15. The normalized spacial score (nSPS) is 21.6. The highest BCUT2D eigenvalue weighted by Gasteiger charge is 2.31. The third kappa shape index (κ3) is 4.27. The van der Waals surface area contributed by atoms with Crippen LogP contribution in [0.4, 0.5) is 0 Å². The number of rotatable bonds is 6. The van der Waals surface area contributed by atoms with Crippen molar-refractivity contribution in [1.29, 1.82) is 0 Å². The van der Waals surface area contributed by atoms with Gasteiger partial charge >= 0.3 is 5.97 Å². The van der Waals surface area contributed by atoms with Crippen LogP contribution in [0.25, 0.3) is 0 Å². The number of carbonyl (C=O) groups excluding carboxylic acids is 2. The Morgan fingerprint density at radius 1 is 1.56 bits per heavy atom. The minimum absolute atomic E-state index is 0.0230. The van der Waals surface area contributed by atoms with Gasteiger partial charge in [0, 0.05) is 13.6 Å². The first-order valence-corrected chi connectivity index (χ1v) is 6.37. The predicted molar refractivity (Wildman–Crippen MR) is 65.9 cm³/mol. The van der Waals surface area contributed by atoms with Crippen molar-refractivity contribution in [3.8, 4) is 0 Å². The summed E-state index contributed by atoms with van der Waals surface area (Å²) in [5.74, 6) is -0.434. The van der Waals surface area contributed by atoms with E-state index in [0.717, 1.165) is 19.4 Å². The highest BCUT2D eigenvalue weighted by atomic mass is 16.5. The highest BCUT2D eigenvalue weighted by Crippen LogP contribution is 2.18. The average Bonchev–Trinajstić information content (AvgIpc) is 2.76. The summed E-state index contributed by atoms with van der Waals surface area (Å²) in [6, 6.07) is -0.188. The van der Waals surface area contributed by atoms with Crippen LogP contribution < -0.4 is 5.32 Å². The van der Waals surface area contributed by atoms with Crippen molar-refractivity contribution in [1.82, 2.24) is 10.2 Å². The summed E-state index contributed by atoms with van der Waals surface area (Å²) in [6.07, 6.45) is 0.926. The van der Waals surface area contributed by atoms with Gasteiger partial charge in [-0.25, -0.2) is 0 Å². The summed E-state index contributed by atoms with van der Waals surface area (Å²) in [5, 5.41) is 12.4. The smallest absolute Gasteiger partial charge is 0.308 e. The Balaban J connectivity index is 2.40. The largest absolute Gasteiger partial charge is 0.466 e. The first-order valence-electron chi connectivity index (χ1n) is 6.37. The Morgan fingerprint density at radius 3 is 2.89 bits per heavy atom. The number of aliphatic hydroxyl groups excluding tert-OH is 1. The molecule has 0 aromatic carbocycles. The van der Waals surface area contributed by atoms with Crippen LogP contribution >= 0.6 is 0 Å². The number of aliphatic hydroxyl groups is 1. The fourth-order valence-electron chi connectivity index (χ4n) is 2.26. The van der Waals surface area contributed by atoms with Crippen LogP contribution in [0.1, 0.15) is 26.2 Å². The molecule has 1 saturated heterocycles.